The number of benzene rings is 2. The van der Waals surface area contributed by atoms with Gasteiger partial charge in [0.05, 0.1) is 10.8 Å². The minimum absolute atomic E-state index is 0.0822. The van der Waals surface area contributed by atoms with E-state index in [9.17, 15) is 18.0 Å². The summed E-state index contributed by atoms with van der Waals surface area (Å²) in [6.45, 7) is 1.18. The van der Waals surface area contributed by atoms with Gasteiger partial charge in [-0.3, -0.25) is 9.59 Å². The first-order valence-corrected chi connectivity index (χ1v) is 12.1. The van der Waals surface area contributed by atoms with Crippen LogP contribution in [0.5, 0.6) is 0 Å². The van der Waals surface area contributed by atoms with E-state index in [1.165, 1.54) is 16.4 Å². The zero-order valence-electron chi connectivity index (χ0n) is 17.0. The van der Waals surface area contributed by atoms with Crippen LogP contribution < -0.4 is 10.2 Å². The number of carbonyl (C=O) groups is 2. The monoisotopic (exact) mass is 461 g/mol. The summed E-state index contributed by atoms with van der Waals surface area (Å²) in [5.74, 6) is -0.590. The van der Waals surface area contributed by atoms with Crippen molar-refractivity contribution < 1.29 is 18.0 Å². The van der Waals surface area contributed by atoms with Crippen molar-refractivity contribution in [3.8, 4) is 0 Å². The van der Waals surface area contributed by atoms with E-state index >= 15 is 0 Å². The van der Waals surface area contributed by atoms with Crippen LogP contribution in [-0.4, -0.2) is 44.2 Å². The largest absolute Gasteiger partial charge is 0.326 e. The lowest BCUT2D eigenvalue weighted by atomic mass is 9.98. The molecule has 0 bridgehead atoms. The van der Waals surface area contributed by atoms with Crippen molar-refractivity contribution in [3.63, 3.8) is 0 Å². The van der Waals surface area contributed by atoms with E-state index in [1.54, 1.807) is 35.2 Å². The minimum atomic E-state index is -3.69. The summed E-state index contributed by atoms with van der Waals surface area (Å²) in [6, 6.07) is 13.2. The van der Waals surface area contributed by atoms with Crippen LogP contribution in [0.25, 0.3) is 0 Å². The van der Waals surface area contributed by atoms with Gasteiger partial charge in [0.15, 0.2) is 0 Å². The molecule has 0 aliphatic carbocycles. The summed E-state index contributed by atoms with van der Waals surface area (Å²) >= 11 is 5.87. The number of nitrogens with one attached hydrogen (secondary N) is 1. The van der Waals surface area contributed by atoms with Crippen LogP contribution >= 0.6 is 11.6 Å². The number of anilines is 2. The SMILES string of the molecule is O=C(Nc1cccc(N2CCCC2=O)c1)[C@@H]1CCCN(S(=O)(=O)c2ccc(Cl)cc2)C1. The molecule has 2 aliphatic heterocycles. The Hall–Kier alpha value is -2.42. The predicted molar refractivity (Wildman–Crippen MR) is 120 cm³/mol. The van der Waals surface area contributed by atoms with Crippen molar-refractivity contribution >= 4 is 44.8 Å². The van der Waals surface area contributed by atoms with E-state index in [4.69, 9.17) is 11.6 Å². The topological polar surface area (TPSA) is 86.8 Å². The third-order valence-corrected chi connectivity index (χ3v) is 7.84. The highest BCUT2D eigenvalue weighted by atomic mass is 35.5. The smallest absolute Gasteiger partial charge is 0.243 e. The number of sulfonamides is 1. The Kier molecular flexibility index (Phi) is 6.31. The molecule has 0 spiro atoms. The molecule has 1 atom stereocenters. The summed E-state index contributed by atoms with van der Waals surface area (Å²) < 4.78 is 27.3. The summed E-state index contributed by atoms with van der Waals surface area (Å²) in [5.41, 5.74) is 1.36. The van der Waals surface area contributed by atoms with Gasteiger partial charge in [0.25, 0.3) is 0 Å². The second-order valence-electron chi connectivity index (χ2n) is 7.84. The van der Waals surface area contributed by atoms with E-state index in [0.717, 1.165) is 12.1 Å². The second kappa shape index (κ2) is 8.98. The highest BCUT2D eigenvalue weighted by Gasteiger charge is 2.33. The molecule has 7 nitrogen and oxygen atoms in total. The summed E-state index contributed by atoms with van der Waals surface area (Å²) in [5, 5.41) is 3.36. The molecular formula is C22H24ClN3O4S. The second-order valence-corrected chi connectivity index (χ2v) is 10.2. The van der Waals surface area contributed by atoms with Crippen LogP contribution in [0.1, 0.15) is 25.7 Å². The van der Waals surface area contributed by atoms with Crippen molar-refractivity contribution in [2.24, 2.45) is 5.92 Å². The fraction of sp³-hybridized carbons (Fsp3) is 0.364. The number of hydrogen-bond acceptors (Lipinski definition) is 4. The maximum absolute atomic E-state index is 13.0. The molecule has 0 radical (unpaired) electrons. The molecule has 2 aliphatic rings. The highest BCUT2D eigenvalue weighted by molar-refractivity contribution is 7.89. The van der Waals surface area contributed by atoms with Gasteiger partial charge in [-0.25, -0.2) is 8.42 Å². The summed E-state index contributed by atoms with van der Waals surface area (Å²) in [7, 11) is -3.69. The van der Waals surface area contributed by atoms with Crippen molar-refractivity contribution in [3.05, 3.63) is 53.6 Å². The molecule has 0 unspecified atom stereocenters. The van der Waals surface area contributed by atoms with Crippen molar-refractivity contribution in [2.75, 3.05) is 29.9 Å². The van der Waals surface area contributed by atoms with Crippen LogP contribution in [0.15, 0.2) is 53.4 Å². The number of hydrogen-bond donors (Lipinski definition) is 1. The Labute approximate surface area is 187 Å². The van der Waals surface area contributed by atoms with Gasteiger partial charge in [0, 0.05) is 42.5 Å². The Balaban J connectivity index is 1.45. The van der Waals surface area contributed by atoms with E-state index < -0.39 is 15.9 Å². The zero-order valence-corrected chi connectivity index (χ0v) is 18.5. The Bertz CT molecular complexity index is 1090. The first-order chi connectivity index (χ1) is 14.8. The number of halogens is 1. The third-order valence-electron chi connectivity index (χ3n) is 5.71. The number of nitrogens with zero attached hydrogens (tertiary/aromatic N) is 2. The van der Waals surface area contributed by atoms with Crippen LogP contribution in [0.2, 0.25) is 5.02 Å². The van der Waals surface area contributed by atoms with Gasteiger partial charge >= 0.3 is 0 Å². The number of amides is 2. The average Bonchev–Trinajstić information content (AvgIpc) is 3.20. The van der Waals surface area contributed by atoms with Crippen LogP contribution in [-0.2, 0) is 19.6 Å². The van der Waals surface area contributed by atoms with Crippen LogP contribution in [0.3, 0.4) is 0 Å². The fourth-order valence-corrected chi connectivity index (χ4v) is 5.70. The molecule has 31 heavy (non-hydrogen) atoms. The van der Waals surface area contributed by atoms with E-state index in [2.05, 4.69) is 5.32 Å². The molecule has 0 aromatic heterocycles. The molecule has 4 rings (SSSR count). The van der Waals surface area contributed by atoms with Gasteiger partial charge in [0.2, 0.25) is 21.8 Å². The standard InChI is InChI=1S/C22H24ClN3O4S/c23-17-8-10-20(11-9-17)31(29,30)25-12-2-4-16(15-25)22(28)24-18-5-1-6-19(14-18)26-13-3-7-21(26)27/h1,5-6,8-11,14,16H,2-4,7,12-13,15H2,(H,24,28)/t16-/m1/s1. The van der Waals surface area contributed by atoms with E-state index in [1.807, 2.05) is 6.07 Å². The fourth-order valence-electron chi connectivity index (χ4n) is 4.05. The normalized spacial score (nSPS) is 20.1. The van der Waals surface area contributed by atoms with E-state index in [-0.39, 0.29) is 23.3 Å². The maximum atomic E-state index is 13.0. The molecular weight excluding hydrogens is 438 g/mol. The zero-order chi connectivity index (χ0) is 22.0. The molecule has 2 aromatic carbocycles. The van der Waals surface area contributed by atoms with Crippen molar-refractivity contribution in [1.29, 1.82) is 0 Å². The van der Waals surface area contributed by atoms with Gasteiger partial charge < -0.3 is 10.2 Å². The van der Waals surface area contributed by atoms with Gasteiger partial charge in [-0.05, 0) is 61.7 Å². The van der Waals surface area contributed by atoms with Crippen molar-refractivity contribution in [2.45, 2.75) is 30.6 Å². The third kappa shape index (κ3) is 4.76. The minimum Gasteiger partial charge on any atom is -0.326 e. The number of piperidine rings is 1. The first-order valence-electron chi connectivity index (χ1n) is 10.3. The highest BCUT2D eigenvalue weighted by Crippen LogP contribution is 2.27. The molecule has 2 amide bonds. The quantitative estimate of drug-likeness (QED) is 0.738. The van der Waals surface area contributed by atoms with Gasteiger partial charge in [-0.2, -0.15) is 4.31 Å². The molecule has 0 saturated carbocycles. The van der Waals surface area contributed by atoms with Gasteiger partial charge in [0.1, 0.15) is 0 Å². The molecule has 2 saturated heterocycles. The summed E-state index contributed by atoms with van der Waals surface area (Å²) in [4.78, 5) is 26.8. The lowest BCUT2D eigenvalue weighted by Crippen LogP contribution is -2.43. The molecule has 2 fully saturated rings. The summed E-state index contributed by atoms with van der Waals surface area (Å²) in [6.07, 6.45) is 2.59. The molecule has 2 heterocycles. The average molecular weight is 462 g/mol. The Morgan fingerprint density at radius 2 is 1.84 bits per heavy atom. The molecule has 1 N–H and O–H groups in total. The first kappa shape index (κ1) is 21.8. The van der Waals surface area contributed by atoms with Crippen molar-refractivity contribution in [1.82, 2.24) is 4.31 Å². The van der Waals surface area contributed by atoms with Crippen LogP contribution in [0.4, 0.5) is 11.4 Å². The Morgan fingerprint density at radius 3 is 2.55 bits per heavy atom. The lowest BCUT2D eigenvalue weighted by Gasteiger charge is -2.31. The van der Waals surface area contributed by atoms with Gasteiger partial charge in [-0.15, -0.1) is 0 Å². The van der Waals surface area contributed by atoms with E-state index in [0.29, 0.717) is 43.1 Å². The van der Waals surface area contributed by atoms with Gasteiger partial charge in [-0.1, -0.05) is 17.7 Å². The number of carbonyl (C=O) groups excluding carboxylic acids is 2. The lowest BCUT2D eigenvalue weighted by molar-refractivity contribution is -0.121. The Morgan fingerprint density at radius 1 is 1.06 bits per heavy atom. The van der Waals surface area contributed by atoms with Crippen LogP contribution in [0, 0.1) is 5.92 Å². The number of rotatable bonds is 5. The maximum Gasteiger partial charge on any atom is 0.243 e. The molecule has 2 aromatic rings. The molecule has 164 valence electrons. The molecule has 9 heteroatoms. The predicted octanol–water partition coefficient (Wildman–Crippen LogP) is 3.51.